The molecule has 212 valence electrons. The predicted molar refractivity (Wildman–Crippen MR) is 164 cm³/mol. The van der Waals surface area contributed by atoms with Crippen molar-refractivity contribution in [2.45, 2.75) is 44.7 Å². The number of halogens is 1. The molecule has 0 aliphatic carbocycles. The van der Waals surface area contributed by atoms with Gasteiger partial charge in [-0.3, -0.25) is 0 Å². The van der Waals surface area contributed by atoms with Crippen LogP contribution in [0, 0.1) is 0 Å². The van der Waals surface area contributed by atoms with Crippen LogP contribution in [-0.2, 0) is 50.2 Å². The summed E-state index contributed by atoms with van der Waals surface area (Å²) < 4.78 is 25.3. The molecule has 0 saturated heterocycles. The molecule has 0 heterocycles. The van der Waals surface area contributed by atoms with Gasteiger partial charge in [0, 0.05) is 0 Å². The van der Waals surface area contributed by atoms with Gasteiger partial charge in [-0.1, -0.05) is 137 Å². The molecule has 0 radical (unpaired) electrons. The Hall–Kier alpha value is -3.39. The third kappa shape index (κ3) is 10.2. The van der Waals surface area contributed by atoms with Gasteiger partial charge in [-0.05, 0) is 32.8 Å². The Bertz CT molecular complexity index is 1300. The van der Waals surface area contributed by atoms with Crippen LogP contribution in [0.1, 0.15) is 22.3 Å². The first kappa shape index (κ1) is 30.6. The Morgan fingerprint density at radius 2 is 1.00 bits per heavy atom. The quantitative estimate of drug-likeness (QED) is 0.116. The average Bonchev–Trinajstić information content (AvgIpc) is 3.04. The highest BCUT2D eigenvalue weighted by Crippen LogP contribution is 2.24. The van der Waals surface area contributed by atoms with Crippen molar-refractivity contribution in [3.63, 3.8) is 0 Å². The van der Waals surface area contributed by atoms with Crippen molar-refractivity contribution in [3.05, 3.63) is 154 Å². The molecule has 0 unspecified atom stereocenters. The second-order valence-electron chi connectivity index (χ2n) is 9.54. The molecule has 0 amide bonds. The van der Waals surface area contributed by atoms with Crippen LogP contribution in [0.15, 0.2) is 132 Å². The minimum Gasteiger partial charge on any atom is -0.372 e. The molecule has 5 nitrogen and oxygen atoms in total. The van der Waals surface area contributed by atoms with E-state index in [1.54, 1.807) is 4.99 Å². The summed E-state index contributed by atoms with van der Waals surface area (Å²) in [4.78, 5) is 14.3. The van der Waals surface area contributed by atoms with E-state index in [2.05, 4.69) is 15.9 Å². The predicted octanol–water partition coefficient (Wildman–Crippen LogP) is 7.44. The number of benzene rings is 4. The smallest absolute Gasteiger partial charge is 0.151 e. The summed E-state index contributed by atoms with van der Waals surface area (Å²) in [6.07, 6.45) is -1.48. The van der Waals surface area contributed by atoms with Gasteiger partial charge in [0.1, 0.15) is 18.3 Å². The summed E-state index contributed by atoms with van der Waals surface area (Å²) in [7, 11) is 0. The zero-order valence-corrected chi connectivity index (χ0v) is 24.5. The SMILES string of the molecule is O=C[C@H](OCc1ccccc1)[C@@H](OCc1ccccc1)[C@H](OCc1ccccc1)/C(=C\Br)COCc1ccccc1. The molecule has 0 spiro atoms. The first-order chi connectivity index (χ1) is 20.3. The van der Waals surface area contributed by atoms with Crippen LogP contribution in [0.25, 0.3) is 0 Å². The monoisotopic (exact) mass is 614 g/mol. The van der Waals surface area contributed by atoms with Gasteiger partial charge in [0.15, 0.2) is 6.29 Å². The van der Waals surface area contributed by atoms with Crippen molar-refractivity contribution < 1.29 is 23.7 Å². The average molecular weight is 616 g/mol. The molecular formula is C35H35BrO5. The molecule has 4 aromatic carbocycles. The van der Waals surface area contributed by atoms with E-state index in [0.717, 1.165) is 34.1 Å². The number of carbonyl (C=O) groups excluding carboxylic acids is 1. The van der Waals surface area contributed by atoms with Crippen molar-refractivity contribution >= 4 is 22.2 Å². The van der Waals surface area contributed by atoms with Crippen LogP contribution < -0.4 is 0 Å². The van der Waals surface area contributed by atoms with Crippen molar-refractivity contribution in [2.24, 2.45) is 0 Å². The molecule has 0 aromatic heterocycles. The fourth-order valence-corrected chi connectivity index (χ4v) is 4.70. The summed E-state index contributed by atoms with van der Waals surface area (Å²) in [5, 5.41) is 0. The molecule has 3 atom stereocenters. The number of hydrogen-bond donors (Lipinski definition) is 0. The summed E-state index contributed by atoms with van der Waals surface area (Å²) in [6, 6.07) is 39.5. The molecule has 0 N–H and O–H groups in total. The van der Waals surface area contributed by atoms with E-state index in [4.69, 9.17) is 18.9 Å². The molecular weight excluding hydrogens is 580 g/mol. The Kier molecular flexibility index (Phi) is 13.0. The maximum absolute atomic E-state index is 12.5. The number of hydrogen-bond acceptors (Lipinski definition) is 5. The van der Waals surface area contributed by atoms with Gasteiger partial charge >= 0.3 is 0 Å². The fourth-order valence-electron chi connectivity index (χ4n) is 4.31. The lowest BCUT2D eigenvalue weighted by Gasteiger charge is -2.33. The van der Waals surface area contributed by atoms with E-state index in [9.17, 15) is 4.79 Å². The summed E-state index contributed by atoms with van der Waals surface area (Å²) >= 11 is 3.53. The molecule has 4 rings (SSSR count). The lowest BCUT2D eigenvalue weighted by molar-refractivity contribution is -0.153. The van der Waals surface area contributed by atoms with Crippen LogP contribution in [0.4, 0.5) is 0 Å². The van der Waals surface area contributed by atoms with E-state index in [-0.39, 0.29) is 19.8 Å². The number of ether oxygens (including phenoxy) is 4. The van der Waals surface area contributed by atoms with Gasteiger partial charge in [-0.15, -0.1) is 0 Å². The second kappa shape index (κ2) is 17.4. The van der Waals surface area contributed by atoms with E-state index >= 15 is 0 Å². The Morgan fingerprint density at radius 3 is 1.44 bits per heavy atom. The highest BCUT2D eigenvalue weighted by molar-refractivity contribution is 9.11. The van der Waals surface area contributed by atoms with Crippen molar-refractivity contribution in [1.82, 2.24) is 0 Å². The zero-order valence-electron chi connectivity index (χ0n) is 22.9. The lowest BCUT2D eigenvalue weighted by Crippen LogP contribution is -2.45. The topological polar surface area (TPSA) is 54.0 Å². The van der Waals surface area contributed by atoms with E-state index in [1.807, 2.05) is 121 Å². The molecule has 6 heteroatoms. The third-order valence-corrected chi connectivity index (χ3v) is 7.07. The molecule has 4 aromatic rings. The molecule has 0 bridgehead atoms. The zero-order chi connectivity index (χ0) is 28.5. The molecule has 0 aliphatic heterocycles. The van der Waals surface area contributed by atoms with E-state index in [1.165, 1.54) is 0 Å². The Balaban J connectivity index is 1.58. The van der Waals surface area contributed by atoms with E-state index in [0.29, 0.717) is 13.2 Å². The number of carbonyl (C=O) groups is 1. The number of rotatable bonds is 17. The minimum atomic E-state index is -0.892. The summed E-state index contributed by atoms with van der Waals surface area (Å²) in [5.74, 6) is 0. The molecule has 0 fully saturated rings. The first-order valence-electron chi connectivity index (χ1n) is 13.6. The van der Waals surface area contributed by atoms with Crippen LogP contribution in [-0.4, -0.2) is 31.2 Å². The maximum Gasteiger partial charge on any atom is 0.151 e. The van der Waals surface area contributed by atoms with Gasteiger partial charge in [-0.25, -0.2) is 0 Å². The Morgan fingerprint density at radius 1 is 0.585 bits per heavy atom. The normalized spacial score (nSPS) is 13.8. The first-order valence-corrected chi connectivity index (χ1v) is 14.5. The number of aldehydes is 1. The van der Waals surface area contributed by atoms with Gasteiger partial charge in [0.05, 0.1) is 33.0 Å². The van der Waals surface area contributed by atoms with Crippen LogP contribution >= 0.6 is 15.9 Å². The molecule has 0 aliphatic rings. The van der Waals surface area contributed by atoms with Crippen LogP contribution in [0.2, 0.25) is 0 Å². The maximum atomic E-state index is 12.5. The van der Waals surface area contributed by atoms with Crippen molar-refractivity contribution in [3.8, 4) is 0 Å². The van der Waals surface area contributed by atoms with Crippen molar-refractivity contribution in [1.29, 1.82) is 0 Å². The second-order valence-corrected chi connectivity index (χ2v) is 10.00. The standard InChI is InChI=1S/C35H35BrO5/c36-21-32(27-38-23-28-13-5-1-6-14-28)34(40-25-30-17-9-3-10-18-30)35(41-26-31-19-11-4-12-20-31)33(22-37)39-24-29-15-7-2-8-16-29/h1-22,33-35H,23-27H2/b32-21-/t33-,34+,35+/m0/s1. The van der Waals surface area contributed by atoms with Crippen molar-refractivity contribution in [2.75, 3.05) is 6.61 Å². The van der Waals surface area contributed by atoms with Gasteiger partial charge in [-0.2, -0.15) is 0 Å². The van der Waals surface area contributed by atoms with E-state index < -0.39 is 18.3 Å². The van der Waals surface area contributed by atoms with Gasteiger partial charge in [0.2, 0.25) is 0 Å². The fraction of sp³-hybridized carbons (Fsp3) is 0.229. The minimum absolute atomic E-state index is 0.263. The summed E-state index contributed by atoms with van der Waals surface area (Å²) in [5.41, 5.74) is 4.82. The summed E-state index contributed by atoms with van der Waals surface area (Å²) in [6.45, 7) is 1.59. The Labute approximate surface area is 250 Å². The van der Waals surface area contributed by atoms with Gasteiger partial charge in [0.25, 0.3) is 0 Å². The lowest BCUT2D eigenvalue weighted by atomic mass is 10.0. The van der Waals surface area contributed by atoms with Crippen LogP contribution in [0.5, 0.6) is 0 Å². The largest absolute Gasteiger partial charge is 0.372 e. The van der Waals surface area contributed by atoms with Gasteiger partial charge < -0.3 is 23.7 Å². The van der Waals surface area contributed by atoms with Crippen LogP contribution in [0.3, 0.4) is 0 Å². The highest BCUT2D eigenvalue weighted by atomic mass is 79.9. The molecule has 41 heavy (non-hydrogen) atoms. The third-order valence-electron chi connectivity index (χ3n) is 6.49. The highest BCUT2D eigenvalue weighted by Gasteiger charge is 2.35. The molecule has 0 saturated carbocycles.